The van der Waals surface area contributed by atoms with Gasteiger partial charge in [0.05, 0.1) is 11.3 Å². The lowest BCUT2D eigenvalue weighted by atomic mass is 10.4. The van der Waals surface area contributed by atoms with Gasteiger partial charge in [-0.2, -0.15) is 9.97 Å². The second kappa shape index (κ2) is 5.19. The second-order valence-electron chi connectivity index (χ2n) is 3.85. The SMILES string of the molecule is CNc1nc(NCCc2nccs2)c2[nH]cnc2n1. The molecule has 0 aliphatic rings. The Morgan fingerprint density at radius 1 is 1.32 bits per heavy atom. The minimum atomic E-state index is 0.552. The molecule has 0 aromatic carbocycles. The summed E-state index contributed by atoms with van der Waals surface area (Å²) >= 11 is 1.65. The fourth-order valence-electron chi connectivity index (χ4n) is 1.74. The Morgan fingerprint density at radius 3 is 3.05 bits per heavy atom. The zero-order valence-electron chi connectivity index (χ0n) is 10.3. The first-order valence-electron chi connectivity index (χ1n) is 5.88. The average Bonchev–Trinajstić information content (AvgIpc) is 3.08. The van der Waals surface area contributed by atoms with Gasteiger partial charge in [0.25, 0.3) is 0 Å². The molecule has 19 heavy (non-hydrogen) atoms. The molecule has 0 fully saturated rings. The summed E-state index contributed by atoms with van der Waals surface area (Å²) in [5.74, 6) is 1.31. The molecular weight excluding hydrogens is 262 g/mol. The Balaban J connectivity index is 1.77. The number of hydrogen-bond donors (Lipinski definition) is 3. The van der Waals surface area contributed by atoms with Crippen LogP contribution in [0, 0.1) is 0 Å². The summed E-state index contributed by atoms with van der Waals surface area (Å²) in [7, 11) is 1.78. The largest absolute Gasteiger partial charge is 0.368 e. The first kappa shape index (κ1) is 11.8. The van der Waals surface area contributed by atoms with Crippen LogP contribution < -0.4 is 10.6 Å². The van der Waals surface area contributed by atoms with Crippen LogP contribution >= 0.6 is 11.3 Å². The number of imidazole rings is 1. The molecule has 0 saturated heterocycles. The van der Waals surface area contributed by atoms with E-state index in [4.69, 9.17) is 0 Å². The molecule has 0 atom stereocenters. The van der Waals surface area contributed by atoms with Crippen molar-refractivity contribution in [3.8, 4) is 0 Å². The van der Waals surface area contributed by atoms with Gasteiger partial charge in [-0.1, -0.05) is 0 Å². The number of nitrogens with one attached hydrogen (secondary N) is 3. The predicted octanol–water partition coefficient (Wildman–Crippen LogP) is 1.51. The molecule has 98 valence electrons. The highest BCUT2D eigenvalue weighted by atomic mass is 32.1. The van der Waals surface area contributed by atoms with E-state index in [9.17, 15) is 0 Å². The van der Waals surface area contributed by atoms with Crippen LogP contribution in [0.4, 0.5) is 11.8 Å². The maximum absolute atomic E-state index is 4.39. The molecule has 3 rings (SSSR count). The van der Waals surface area contributed by atoms with Gasteiger partial charge in [0.15, 0.2) is 11.5 Å². The lowest BCUT2D eigenvalue weighted by Crippen LogP contribution is -2.08. The van der Waals surface area contributed by atoms with Crippen LogP contribution in [-0.4, -0.2) is 38.5 Å². The van der Waals surface area contributed by atoms with Crippen molar-refractivity contribution >= 4 is 34.3 Å². The van der Waals surface area contributed by atoms with Crippen molar-refractivity contribution in [2.24, 2.45) is 0 Å². The van der Waals surface area contributed by atoms with Gasteiger partial charge in [-0.25, -0.2) is 9.97 Å². The molecule has 0 spiro atoms. The standard InChI is InChI=1S/C11H13N7S/c1-12-11-17-9(8-10(18-11)16-6-15-8)14-3-2-7-13-4-5-19-7/h4-6H,2-3H2,1H3,(H3,12,14,15,16,17,18). The van der Waals surface area contributed by atoms with Crippen LogP contribution in [0.5, 0.6) is 0 Å². The summed E-state index contributed by atoms with van der Waals surface area (Å²) in [6.45, 7) is 0.766. The third kappa shape index (κ3) is 2.48. The summed E-state index contributed by atoms with van der Waals surface area (Å²) in [5, 5.41) is 9.30. The molecule has 0 unspecified atom stereocenters. The highest BCUT2D eigenvalue weighted by molar-refractivity contribution is 7.09. The first-order chi connectivity index (χ1) is 9.36. The second-order valence-corrected chi connectivity index (χ2v) is 4.83. The van der Waals surface area contributed by atoms with E-state index in [2.05, 4.69) is 35.6 Å². The van der Waals surface area contributed by atoms with Gasteiger partial charge in [0.2, 0.25) is 5.95 Å². The van der Waals surface area contributed by atoms with Crippen LogP contribution in [-0.2, 0) is 6.42 Å². The molecule has 0 aliphatic carbocycles. The first-order valence-corrected chi connectivity index (χ1v) is 6.76. The number of aromatic nitrogens is 5. The van der Waals surface area contributed by atoms with Crippen LogP contribution in [0.2, 0.25) is 0 Å². The Hall–Kier alpha value is -2.22. The zero-order valence-corrected chi connectivity index (χ0v) is 11.2. The smallest absolute Gasteiger partial charge is 0.226 e. The summed E-state index contributed by atoms with van der Waals surface area (Å²) in [6, 6.07) is 0. The number of rotatable bonds is 5. The zero-order chi connectivity index (χ0) is 13.1. The Bertz CT molecular complexity index is 661. The molecule has 3 N–H and O–H groups in total. The van der Waals surface area contributed by atoms with Crippen LogP contribution in [0.15, 0.2) is 17.9 Å². The number of thiazole rings is 1. The third-order valence-electron chi connectivity index (χ3n) is 2.62. The molecule has 0 aliphatic heterocycles. The summed E-state index contributed by atoms with van der Waals surface area (Å²) in [6.07, 6.45) is 4.30. The number of hydrogen-bond acceptors (Lipinski definition) is 7. The molecule has 3 aromatic heterocycles. The number of anilines is 2. The van der Waals surface area contributed by atoms with Crippen LogP contribution in [0.3, 0.4) is 0 Å². The van der Waals surface area contributed by atoms with Crippen molar-refractivity contribution in [1.29, 1.82) is 0 Å². The number of H-pyrrole nitrogens is 1. The lowest BCUT2D eigenvalue weighted by Gasteiger charge is -2.07. The van der Waals surface area contributed by atoms with Crippen molar-refractivity contribution in [3.05, 3.63) is 22.9 Å². The van der Waals surface area contributed by atoms with Gasteiger partial charge < -0.3 is 15.6 Å². The van der Waals surface area contributed by atoms with E-state index in [1.807, 2.05) is 11.6 Å². The molecule has 8 heteroatoms. The van der Waals surface area contributed by atoms with Crippen molar-refractivity contribution < 1.29 is 0 Å². The van der Waals surface area contributed by atoms with Crippen molar-refractivity contribution in [1.82, 2.24) is 24.9 Å². The van der Waals surface area contributed by atoms with E-state index in [-0.39, 0.29) is 0 Å². The van der Waals surface area contributed by atoms with Gasteiger partial charge in [-0.15, -0.1) is 11.3 Å². The van der Waals surface area contributed by atoms with Crippen molar-refractivity contribution in [3.63, 3.8) is 0 Å². The van der Waals surface area contributed by atoms with E-state index < -0.39 is 0 Å². The fourth-order valence-corrected chi connectivity index (χ4v) is 2.36. The number of fused-ring (bicyclic) bond motifs is 1. The minimum Gasteiger partial charge on any atom is -0.368 e. The van der Waals surface area contributed by atoms with Gasteiger partial charge in [0, 0.05) is 31.6 Å². The Labute approximate surface area is 113 Å². The molecule has 0 saturated carbocycles. The molecule has 3 heterocycles. The van der Waals surface area contributed by atoms with E-state index in [1.165, 1.54) is 0 Å². The van der Waals surface area contributed by atoms with Crippen LogP contribution in [0.1, 0.15) is 5.01 Å². The van der Waals surface area contributed by atoms with Crippen molar-refractivity contribution in [2.75, 3.05) is 24.2 Å². The molecule has 0 bridgehead atoms. The van der Waals surface area contributed by atoms with E-state index >= 15 is 0 Å². The molecule has 0 amide bonds. The summed E-state index contributed by atoms with van der Waals surface area (Å²) < 4.78 is 0. The molecule has 0 radical (unpaired) electrons. The number of nitrogens with zero attached hydrogens (tertiary/aromatic N) is 4. The van der Waals surface area contributed by atoms with Crippen molar-refractivity contribution in [2.45, 2.75) is 6.42 Å². The lowest BCUT2D eigenvalue weighted by molar-refractivity contribution is 0.986. The normalized spacial score (nSPS) is 10.8. The molecular formula is C11H13N7S. The predicted molar refractivity (Wildman–Crippen MR) is 75.5 cm³/mol. The van der Waals surface area contributed by atoms with Gasteiger partial charge >= 0.3 is 0 Å². The topological polar surface area (TPSA) is 91.4 Å². The maximum Gasteiger partial charge on any atom is 0.226 e. The van der Waals surface area contributed by atoms with E-state index in [0.717, 1.165) is 29.3 Å². The quantitative estimate of drug-likeness (QED) is 0.653. The monoisotopic (exact) mass is 275 g/mol. The Morgan fingerprint density at radius 2 is 2.26 bits per heavy atom. The Kier molecular flexibility index (Phi) is 3.23. The highest BCUT2D eigenvalue weighted by Gasteiger charge is 2.08. The minimum absolute atomic E-state index is 0.552. The number of aromatic amines is 1. The van der Waals surface area contributed by atoms with Gasteiger partial charge in [0.1, 0.15) is 5.52 Å². The maximum atomic E-state index is 4.39. The molecule has 3 aromatic rings. The highest BCUT2D eigenvalue weighted by Crippen LogP contribution is 2.18. The average molecular weight is 275 g/mol. The fraction of sp³-hybridized carbons (Fsp3) is 0.273. The van der Waals surface area contributed by atoms with E-state index in [1.54, 1.807) is 24.7 Å². The third-order valence-corrected chi connectivity index (χ3v) is 3.46. The summed E-state index contributed by atoms with van der Waals surface area (Å²) in [4.78, 5) is 20.1. The summed E-state index contributed by atoms with van der Waals surface area (Å²) in [5.41, 5.74) is 1.47. The molecule has 7 nitrogen and oxygen atoms in total. The van der Waals surface area contributed by atoms with Gasteiger partial charge in [-0.3, -0.25) is 0 Å². The van der Waals surface area contributed by atoms with Crippen LogP contribution in [0.25, 0.3) is 11.2 Å². The van der Waals surface area contributed by atoms with E-state index in [0.29, 0.717) is 11.6 Å². The van der Waals surface area contributed by atoms with Gasteiger partial charge in [-0.05, 0) is 0 Å².